The van der Waals surface area contributed by atoms with Gasteiger partial charge in [-0.15, -0.1) is 10.2 Å². The van der Waals surface area contributed by atoms with E-state index in [1.54, 1.807) is 50.6 Å². The van der Waals surface area contributed by atoms with Crippen LogP contribution < -0.4 is 14.8 Å². The smallest absolute Gasteiger partial charge is 0.282 e. The van der Waals surface area contributed by atoms with Crippen LogP contribution in [-0.2, 0) is 6.54 Å². The summed E-state index contributed by atoms with van der Waals surface area (Å²) >= 11 is 7.43. The molecule has 150 valence electrons. The minimum Gasteiger partial charge on any atom is -0.497 e. The van der Waals surface area contributed by atoms with Crippen molar-refractivity contribution in [1.29, 1.82) is 0 Å². The van der Waals surface area contributed by atoms with Crippen molar-refractivity contribution in [1.82, 2.24) is 15.5 Å². The first-order chi connectivity index (χ1) is 14.0. The topological polar surface area (TPSA) is 73.3 Å². The van der Waals surface area contributed by atoms with Gasteiger partial charge in [0.05, 0.1) is 19.3 Å². The first-order valence-corrected chi connectivity index (χ1v) is 9.64. The van der Waals surface area contributed by atoms with E-state index in [9.17, 15) is 9.18 Å². The van der Waals surface area contributed by atoms with Gasteiger partial charge in [-0.2, -0.15) is 0 Å². The van der Waals surface area contributed by atoms with E-state index < -0.39 is 0 Å². The second-order valence-electron chi connectivity index (χ2n) is 5.86. The number of aromatic nitrogens is 2. The van der Waals surface area contributed by atoms with Crippen LogP contribution in [0.25, 0.3) is 11.1 Å². The average molecular weight is 434 g/mol. The van der Waals surface area contributed by atoms with Gasteiger partial charge in [0.25, 0.3) is 5.91 Å². The van der Waals surface area contributed by atoms with Crippen LogP contribution in [0.1, 0.15) is 25.9 Å². The minimum absolute atomic E-state index is 0.178. The molecule has 6 nitrogen and oxygen atoms in total. The summed E-state index contributed by atoms with van der Waals surface area (Å²) < 4.78 is 23.4. The van der Waals surface area contributed by atoms with Crippen molar-refractivity contribution < 1.29 is 18.7 Å². The number of hydrogen-bond acceptors (Lipinski definition) is 6. The van der Waals surface area contributed by atoms with Crippen LogP contribution in [0.3, 0.4) is 0 Å². The van der Waals surface area contributed by atoms with Crippen LogP contribution in [0.4, 0.5) is 4.39 Å². The Kier molecular flexibility index (Phi) is 6.79. The first-order valence-electron chi connectivity index (χ1n) is 8.45. The van der Waals surface area contributed by atoms with Crippen molar-refractivity contribution in [3.05, 3.63) is 69.4 Å². The summed E-state index contributed by atoms with van der Waals surface area (Å²) in [5.74, 6) is 0.533. The number of nitrogens with one attached hydrogen (secondary N) is 1. The Labute approximate surface area is 176 Å². The van der Waals surface area contributed by atoms with Crippen molar-refractivity contribution >= 4 is 40.0 Å². The Morgan fingerprint density at radius 2 is 1.72 bits per heavy atom. The molecule has 0 aliphatic heterocycles. The highest BCUT2D eigenvalue weighted by Crippen LogP contribution is 2.29. The molecular weight excluding hydrogens is 417 g/mol. The number of benzene rings is 2. The van der Waals surface area contributed by atoms with Gasteiger partial charge in [-0.05, 0) is 41.5 Å². The molecule has 0 bridgehead atoms. The normalized spacial score (nSPS) is 11.2. The fourth-order valence-corrected chi connectivity index (χ4v) is 3.34. The van der Waals surface area contributed by atoms with Gasteiger partial charge in [0, 0.05) is 12.6 Å². The summed E-state index contributed by atoms with van der Waals surface area (Å²) in [7, 11) is 3.12. The molecule has 0 fully saturated rings. The maximum Gasteiger partial charge on any atom is 0.282 e. The van der Waals surface area contributed by atoms with Gasteiger partial charge in [-0.25, -0.2) is 4.39 Å². The van der Waals surface area contributed by atoms with E-state index in [4.69, 9.17) is 21.1 Å². The molecule has 0 radical (unpaired) electrons. The standard InChI is InChI=1S/C20H17ClFN3O3S/c1-27-15-7-13(8-16(10-15)28-2)9-17(21)19-24-25-20(29-19)18(26)23-11-12-3-5-14(22)6-4-12/h3-10H,11H2,1-2H3,(H,23,26)/b17-9-. The lowest BCUT2D eigenvalue weighted by atomic mass is 10.2. The summed E-state index contributed by atoms with van der Waals surface area (Å²) in [6.07, 6.45) is 1.69. The molecule has 2 aromatic carbocycles. The molecule has 1 heterocycles. The lowest BCUT2D eigenvalue weighted by molar-refractivity contribution is 0.0950. The summed E-state index contributed by atoms with van der Waals surface area (Å²) in [5, 5.41) is 11.5. The molecule has 0 aliphatic carbocycles. The lowest BCUT2D eigenvalue weighted by Gasteiger charge is -2.06. The second-order valence-corrected chi connectivity index (χ2v) is 7.24. The highest BCUT2D eigenvalue weighted by molar-refractivity contribution is 7.15. The van der Waals surface area contributed by atoms with Gasteiger partial charge in [0.2, 0.25) is 5.01 Å². The van der Waals surface area contributed by atoms with E-state index in [1.807, 2.05) is 0 Å². The third-order valence-corrected chi connectivity index (χ3v) is 5.21. The zero-order chi connectivity index (χ0) is 20.8. The molecule has 3 aromatic rings. The molecule has 0 saturated carbocycles. The van der Waals surface area contributed by atoms with Crippen molar-refractivity contribution in [2.45, 2.75) is 6.54 Å². The molecular formula is C20H17ClFN3O3S. The van der Waals surface area contributed by atoms with Crippen molar-refractivity contribution in [2.24, 2.45) is 0 Å². The molecule has 3 rings (SSSR count). The van der Waals surface area contributed by atoms with Crippen LogP contribution >= 0.6 is 22.9 Å². The molecule has 0 saturated heterocycles. The second kappa shape index (κ2) is 9.49. The van der Waals surface area contributed by atoms with Gasteiger partial charge in [0.1, 0.15) is 17.3 Å². The number of carbonyl (C=O) groups excluding carboxylic acids is 1. The maximum atomic E-state index is 12.9. The predicted molar refractivity (Wildman–Crippen MR) is 111 cm³/mol. The van der Waals surface area contributed by atoms with Crippen LogP contribution in [0.15, 0.2) is 42.5 Å². The molecule has 0 unspecified atom stereocenters. The van der Waals surface area contributed by atoms with Crippen molar-refractivity contribution in [2.75, 3.05) is 14.2 Å². The number of halogens is 2. The van der Waals surface area contributed by atoms with E-state index in [0.717, 1.165) is 22.5 Å². The zero-order valence-corrected chi connectivity index (χ0v) is 17.2. The third kappa shape index (κ3) is 5.52. The number of ether oxygens (including phenoxy) is 2. The monoisotopic (exact) mass is 433 g/mol. The summed E-state index contributed by atoms with van der Waals surface area (Å²) in [6.45, 7) is 0.251. The summed E-state index contributed by atoms with van der Waals surface area (Å²) in [5.41, 5.74) is 1.53. The van der Waals surface area contributed by atoms with Gasteiger partial charge < -0.3 is 14.8 Å². The highest BCUT2D eigenvalue weighted by atomic mass is 35.5. The van der Waals surface area contributed by atoms with Gasteiger partial charge in [-0.1, -0.05) is 35.1 Å². The third-order valence-electron chi connectivity index (χ3n) is 3.86. The Balaban J connectivity index is 1.70. The fraction of sp³-hybridized carbons (Fsp3) is 0.150. The average Bonchev–Trinajstić information content (AvgIpc) is 3.23. The number of hydrogen-bond donors (Lipinski definition) is 1. The van der Waals surface area contributed by atoms with Crippen molar-refractivity contribution in [3.63, 3.8) is 0 Å². The molecule has 0 aliphatic rings. The minimum atomic E-state index is -0.384. The van der Waals surface area contributed by atoms with Crippen LogP contribution in [0.2, 0.25) is 0 Å². The van der Waals surface area contributed by atoms with E-state index in [1.165, 1.54) is 12.1 Å². The molecule has 0 spiro atoms. The molecule has 1 amide bonds. The fourth-order valence-electron chi connectivity index (χ4n) is 2.39. The number of methoxy groups -OCH3 is 2. The number of carbonyl (C=O) groups is 1. The van der Waals surface area contributed by atoms with Gasteiger partial charge in [-0.3, -0.25) is 4.79 Å². The Bertz CT molecular complexity index is 1020. The van der Waals surface area contributed by atoms with Crippen LogP contribution in [-0.4, -0.2) is 30.3 Å². The largest absolute Gasteiger partial charge is 0.497 e. The van der Waals surface area contributed by atoms with Gasteiger partial charge in [0.15, 0.2) is 5.01 Å². The van der Waals surface area contributed by atoms with E-state index >= 15 is 0 Å². The summed E-state index contributed by atoms with van der Waals surface area (Å²) in [6, 6.07) is 11.2. The quantitative estimate of drug-likeness (QED) is 0.599. The highest BCUT2D eigenvalue weighted by Gasteiger charge is 2.14. The summed E-state index contributed by atoms with van der Waals surface area (Å²) in [4.78, 5) is 12.3. The Morgan fingerprint density at radius 3 is 2.34 bits per heavy atom. The number of amides is 1. The molecule has 1 N–H and O–H groups in total. The van der Waals surface area contributed by atoms with E-state index in [0.29, 0.717) is 21.5 Å². The van der Waals surface area contributed by atoms with Crippen molar-refractivity contribution in [3.8, 4) is 11.5 Å². The van der Waals surface area contributed by atoms with E-state index in [-0.39, 0.29) is 23.3 Å². The van der Waals surface area contributed by atoms with Crippen LogP contribution in [0, 0.1) is 5.82 Å². The zero-order valence-electron chi connectivity index (χ0n) is 15.6. The molecule has 1 aromatic heterocycles. The Hall–Kier alpha value is -2.97. The van der Waals surface area contributed by atoms with Crippen LogP contribution in [0.5, 0.6) is 11.5 Å². The van der Waals surface area contributed by atoms with E-state index in [2.05, 4.69) is 15.5 Å². The first kappa shape index (κ1) is 20.8. The maximum absolute atomic E-state index is 12.9. The number of rotatable bonds is 7. The molecule has 0 atom stereocenters. The molecule has 29 heavy (non-hydrogen) atoms. The van der Waals surface area contributed by atoms with Gasteiger partial charge >= 0.3 is 0 Å². The lowest BCUT2D eigenvalue weighted by Crippen LogP contribution is -2.22. The predicted octanol–water partition coefficient (Wildman–Crippen LogP) is 4.36. The SMILES string of the molecule is COc1cc(/C=C(\Cl)c2nnc(C(=O)NCc3ccc(F)cc3)s2)cc(OC)c1. The molecule has 9 heteroatoms. The number of nitrogens with zero attached hydrogens (tertiary/aromatic N) is 2. The Morgan fingerprint density at radius 1 is 1.10 bits per heavy atom.